The zero-order valence-electron chi connectivity index (χ0n) is 12.8. The highest BCUT2D eigenvalue weighted by Crippen LogP contribution is 2.25. The summed E-state index contributed by atoms with van der Waals surface area (Å²) >= 11 is 0. The van der Waals surface area contributed by atoms with Gasteiger partial charge < -0.3 is 24.8 Å². The minimum Gasteiger partial charge on any atom is -0.456 e. The third-order valence-corrected chi connectivity index (χ3v) is 3.27. The second-order valence-electron chi connectivity index (χ2n) is 6.27. The fraction of sp³-hybridized carbons (Fsp3) is 0.600. The first-order valence-corrected chi connectivity index (χ1v) is 7.09. The summed E-state index contributed by atoms with van der Waals surface area (Å²) in [4.78, 5) is 12.1. The molecule has 0 saturated carbocycles. The van der Waals surface area contributed by atoms with Crippen LogP contribution >= 0.6 is 0 Å². The van der Waals surface area contributed by atoms with Crippen molar-refractivity contribution in [3.8, 4) is 0 Å². The Bertz CT molecular complexity index is 541. The normalized spacial score (nSPS) is 28.6. The van der Waals surface area contributed by atoms with Crippen LogP contribution in [0.3, 0.4) is 0 Å². The first kappa shape index (κ1) is 16.8. The van der Waals surface area contributed by atoms with E-state index in [0.717, 1.165) is 0 Å². The van der Waals surface area contributed by atoms with Gasteiger partial charge in [-0.05, 0) is 26.8 Å². The van der Waals surface area contributed by atoms with Gasteiger partial charge in [-0.25, -0.2) is 4.79 Å². The third kappa shape index (κ3) is 3.61. The molecule has 2 rings (SSSR count). The lowest BCUT2D eigenvalue weighted by molar-refractivity contribution is -0.765. The molecule has 7 nitrogen and oxygen atoms in total. The highest BCUT2D eigenvalue weighted by molar-refractivity contribution is 5.88. The summed E-state index contributed by atoms with van der Waals surface area (Å²) in [5, 5.41) is 28.9. The molecule has 0 spiro atoms. The minimum atomic E-state index is -1.20. The largest absolute Gasteiger partial charge is 0.456 e. The van der Waals surface area contributed by atoms with Crippen LogP contribution in [-0.4, -0.2) is 51.8 Å². The monoisotopic (exact) mass is 312 g/mol. The molecule has 0 aliphatic carbocycles. The molecule has 2 heterocycles. The second-order valence-corrected chi connectivity index (χ2v) is 6.27. The van der Waals surface area contributed by atoms with E-state index in [-0.39, 0.29) is 0 Å². The highest BCUT2D eigenvalue weighted by Gasteiger charge is 2.48. The number of ether oxygens (including phenoxy) is 2. The molecule has 1 aromatic rings. The Morgan fingerprint density at radius 1 is 1.36 bits per heavy atom. The van der Waals surface area contributed by atoms with Crippen LogP contribution in [0.25, 0.3) is 0 Å². The van der Waals surface area contributed by atoms with Crippen LogP contribution in [0.15, 0.2) is 24.5 Å². The molecular formula is C15H22NO6+. The Kier molecular flexibility index (Phi) is 4.81. The Hall–Kier alpha value is -1.54. The van der Waals surface area contributed by atoms with Gasteiger partial charge >= 0.3 is 5.97 Å². The average Bonchev–Trinajstić information content (AvgIpc) is 2.73. The van der Waals surface area contributed by atoms with Gasteiger partial charge in [0, 0.05) is 6.07 Å². The fourth-order valence-electron chi connectivity index (χ4n) is 2.24. The molecule has 7 heteroatoms. The molecule has 1 aromatic heterocycles. The van der Waals surface area contributed by atoms with Crippen LogP contribution in [0, 0.1) is 0 Å². The van der Waals surface area contributed by atoms with E-state index in [1.165, 1.54) is 10.8 Å². The number of rotatable bonds is 3. The van der Waals surface area contributed by atoms with Crippen molar-refractivity contribution in [2.45, 2.75) is 50.9 Å². The fourth-order valence-corrected chi connectivity index (χ4v) is 2.24. The Labute approximate surface area is 128 Å². The first-order valence-electron chi connectivity index (χ1n) is 7.09. The van der Waals surface area contributed by atoms with Crippen molar-refractivity contribution in [2.75, 3.05) is 6.61 Å². The predicted molar refractivity (Wildman–Crippen MR) is 74.8 cm³/mol. The SMILES string of the molecule is CC(C)(C)OC(=O)c1ccc[n+]([C@@H]2O[C@H](CO)[C@@H](O)[C@H]2O)c1. The number of pyridine rings is 1. The van der Waals surface area contributed by atoms with E-state index in [0.29, 0.717) is 5.56 Å². The van der Waals surface area contributed by atoms with E-state index < -0.39 is 42.7 Å². The van der Waals surface area contributed by atoms with Gasteiger partial charge in [0.05, 0.1) is 6.61 Å². The lowest BCUT2D eigenvalue weighted by atomic mass is 10.1. The van der Waals surface area contributed by atoms with E-state index in [1.54, 1.807) is 39.1 Å². The molecule has 0 unspecified atom stereocenters. The zero-order valence-corrected chi connectivity index (χ0v) is 12.8. The van der Waals surface area contributed by atoms with Gasteiger partial charge in [0.15, 0.2) is 18.5 Å². The van der Waals surface area contributed by atoms with Gasteiger partial charge in [-0.2, -0.15) is 4.57 Å². The number of aromatic nitrogens is 1. The third-order valence-electron chi connectivity index (χ3n) is 3.27. The van der Waals surface area contributed by atoms with Crippen molar-refractivity contribution in [3.05, 3.63) is 30.1 Å². The summed E-state index contributed by atoms with van der Waals surface area (Å²) in [6, 6.07) is 3.21. The van der Waals surface area contributed by atoms with Crippen LogP contribution in [0.5, 0.6) is 0 Å². The number of nitrogens with zero attached hydrogens (tertiary/aromatic N) is 1. The van der Waals surface area contributed by atoms with Crippen molar-refractivity contribution in [1.29, 1.82) is 0 Å². The molecule has 1 fully saturated rings. The molecule has 0 radical (unpaired) electrons. The Balaban J connectivity index is 2.20. The van der Waals surface area contributed by atoms with Crippen molar-refractivity contribution in [2.24, 2.45) is 0 Å². The maximum Gasteiger partial charge on any atom is 0.344 e. The van der Waals surface area contributed by atoms with E-state index in [2.05, 4.69) is 0 Å². The molecular weight excluding hydrogens is 290 g/mol. The number of aliphatic hydroxyl groups is 3. The molecule has 1 saturated heterocycles. The van der Waals surface area contributed by atoms with Gasteiger partial charge in [-0.15, -0.1) is 0 Å². The molecule has 0 aromatic carbocycles. The summed E-state index contributed by atoms with van der Waals surface area (Å²) in [5.74, 6) is -0.492. The number of carbonyl (C=O) groups is 1. The summed E-state index contributed by atoms with van der Waals surface area (Å²) < 4.78 is 12.2. The number of aliphatic hydroxyl groups excluding tert-OH is 3. The topological polar surface area (TPSA) is 100 Å². The molecule has 122 valence electrons. The standard InChI is InChI=1S/C15H22NO6/c1-15(2,3)22-14(20)9-5-4-6-16(7-9)13-12(19)11(18)10(8-17)21-13/h4-7,10-13,17-19H,8H2,1-3H3/q+1/t10-,11-,12-,13-/m1/s1. The quantitative estimate of drug-likeness (QED) is 0.516. The maximum atomic E-state index is 12.1. The smallest absolute Gasteiger partial charge is 0.344 e. The number of esters is 1. The van der Waals surface area contributed by atoms with Gasteiger partial charge in [0.25, 0.3) is 6.23 Å². The van der Waals surface area contributed by atoms with Crippen molar-refractivity contribution in [3.63, 3.8) is 0 Å². The van der Waals surface area contributed by atoms with Crippen LogP contribution in [0.2, 0.25) is 0 Å². The molecule has 1 aliphatic rings. The van der Waals surface area contributed by atoms with Gasteiger partial charge in [-0.3, -0.25) is 0 Å². The molecule has 0 bridgehead atoms. The van der Waals surface area contributed by atoms with E-state index in [4.69, 9.17) is 14.6 Å². The second kappa shape index (κ2) is 6.29. The maximum absolute atomic E-state index is 12.1. The van der Waals surface area contributed by atoms with Crippen molar-refractivity contribution >= 4 is 5.97 Å². The van der Waals surface area contributed by atoms with Gasteiger partial charge in [-0.1, -0.05) is 0 Å². The summed E-state index contributed by atoms with van der Waals surface area (Å²) in [6.07, 6.45) is -1.04. The van der Waals surface area contributed by atoms with E-state index in [9.17, 15) is 15.0 Å². The highest BCUT2D eigenvalue weighted by atomic mass is 16.6. The molecule has 1 aliphatic heterocycles. The van der Waals surface area contributed by atoms with E-state index in [1.807, 2.05) is 0 Å². The van der Waals surface area contributed by atoms with Crippen molar-refractivity contribution < 1.29 is 34.2 Å². The Morgan fingerprint density at radius 2 is 2.05 bits per heavy atom. The van der Waals surface area contributed by atoms with Crippen LogP contribution in [0.1, 0.15) is 37.4 Å². The number of hydrogen-bond donors (Lipinski definition) is 3. The van der Waals surface area contributed by atoms with Gasteiger partial charge in [0.2, 0.25) is 0 Å². The minimum absolute atomic E-state index is 0.301. The lowest BCUT2D eigenvalue weighted by Gasteiger charge is -2.19. The predicted octanol–water partition coefficient (Wildman–Crippen LogP) is -0.459. The molecule has 4 atom stereocenters. The first-order chi connectivity index (χ1) is 10.2. The lowest BCUT2D eigenvalue weighted by Crippen LogP contribution is -2.46. The average molecular weight is 312 g/mol. The summed E-state index contributed by atoms with van der Waals surface area (Å²) in [7, 11) is 0. The van der Waals surface area contributed by atoms with E-state index >= 15 is 0 Å². The molecule has 3 N–H and O–H groups in total. The number of carbonyl (C=O) groups excluding carboxylic acids is 1. The number of hydrogen-bond acceptors (Lipinski definition) is 6. The van der Waals surface area contributed by atoms with Crippen LogP contribution in [-0.2, 0) is 9.47 Å². The summed E-state index contributed by atoms with van der Waals surface area (Å²) in [5.41, 5.74) is -0.311. The molecule has 0 amide bonds. The Morgan fingerprint density at radius 3 is 2.59 bits per heavy atom. The van der Waals surface area contributed by atoms with Gasteiger partial charge in [0.1, 0.15) is 23.4 Å². The van der Waals surface area contributed by atoms with Crippen LogP contribution < -0.4 is 4.57 Å². The van der Waals surface area contributed by atoms with Crippen molar-refractivity contribution in [1.82, 2.24) is 0 Å². The molecule has 22 heavy (non-hydrogen) atoms. The van der Waals surface area contributed by atoms with Crippen LogP contribution in [0.4, 0.5) is 0 Å². The summed E-state index contributed by atoms with van der Waals surface area (Å²) in [6.45, 7) is 4.91. The zero-order chi connectivity index (χ0) is 16.5.